The fourth-order valence-corrected chi connectivity index (χ4v) is 1.81. The monoisotopic (exact) mass is 259 g/mol. The zero-order valence-electron chi connectivity index (χ0n) is 11.3. The normalized spacial score (nSPS) is 10.3. The van der Waals surface area contributed by atoms with E-state index in [9.17, 15) is 0 Å². The van der Waals surface area contributed by atoms with Gasteiger partial charge < -0.3 is 14.7 Å². The Morgan fingerprint density at radius 2 is 2.05 bits per heavy atom. The van der Waals surface area contributed by atoms with Gasteiger partial charge in [0.25, 0.3) is 0 Å². The second kappa shape index (κ2) is 5.67. The first-order valence-corrected chi connectivity index (χ1v) is 5.97. The smallest absolute Gasteiger partial charge is 0.229 e. The van der Waals surface area contributed by atoms with Crippen LogP contribution in [0.1, 0.15) is 11.3 Å². The molecular formula is C14H17N3O2. The van der Waals surface area contributed by atoms with Crippen LogP contribution in [-0.4, -0.2) is 29.2 Å². The highest BCUT2D eigenvalue weighted by atomic mass is 16.5. The van der Waals surface area contributed by atoms with Gasteiger partial charge in [0.15, 0.2) is 0 Å². The number of aliphatic hydroxyl groups excluding tert-OH is 1. The highest BCUT2D eigenvalue weighted by molar-refractivity contribution is 5.64. The maximum absolute atomic E-state index is 9.13. The van der Waals surface area contributed by atoms with Crippen molar-refractivity contribution in [3.63, 3.8) is 0 Å². The third kappa shape index (κ3) is 2.66. The molecule has 0 fully saturated rings. The molecule has 5 heteroatoms. The van der Waals surface area contributed by atoms with E-state index in [1.54, 1.807) is 13.3 Å². The van der Waals surface area contributed by atoms with E-state index in [0.717, 1.165) is 22.7 Å². The van der Waals surface area contributed by atoms with E-state index in [0.29, 0.717) is 5.95 Å². The maximum Gasteiger partial charge on any atom is 0.229 e. The lowest BCUT2D eigenvalue weighted by Crippen LogP contribution is -2.15. The third-order valence-corrected chi connectivity index (χ3v) is 2.99. The standard InChI is InChI=1S/C14H17N3O2/c1-10-11(9-18)8-15-14(16-10)17(2)12-6-4-5-7-13(12)19-3/h4-8,18H,9H2,1-3H3. The van der Waals surface area contributed by atoms with Gasteiger partial charge in [0.2, 0.25) is 5.95 Å². The van der Waals surface area contributed by atoms with E-state index < -0.39 is 0 Å². The lowest BCUT2D eigenvalue weighted by molar-refractivity contribution is 0.280. The Morgan fingerprint density at radius 3 is 2.68 bits per heavy atom. The minimum Gasteiger partial charge on any atom is -0.495 e. The van der Waals surface area contributed by atoms with E-state index in [1.165, 1.54) is 0 Å². The summed E-state index contributed by atoms with van der Waals surface area (Å²) in [6.45, 7) is 1.80. The van der Waals surface area contributed by atoms with E-state index >= 15 is 0 Å². The van der Waals surface area contributed by atoms with Crippen molar-refractivity contribution in [1.29, 1.82) is 0 Å². The number of aromatic nitrogens is 2. The molecular weight excluding hydrogens is 242 g/mol. The molecule has 0 saturated carbocycles. The molecule has 0 aliphatic heterocycles. The first-order chi connectivity index (χ1) is 9.17. The summed E-state index contributed by atoms with van der Waals surface area (Å²) < 4.78 is 5.33. The first kappa shape index (κ1) is 13.3. The summed E-state index contributed by atoms with van der Waals surface area (Å²) in [6, 6.07) is 7.68. The number of hydrogen-bond acceptors (Lipinski definition) is 5. The summed E-state index contributed by atoms with van der Waals surface area (Å²) in [7, 11) is 3.51. The molecule has 1 aromatic carbocycles. The van der Waals surface area contributed by atoms with Crippen LogP contribution in [0, 0.1) is 6.92 Å². The average Bonchev–Trinajstić information content (AvgIpc) is 2.46. The molecule has 0 aliphatic carbocycles. The minimum atomic E-state index is -0.0511. The van der Waals surface area contributed by atoms with E-state index in [2.05, 4.69) is 9.97 Å². The number of aryl methyl sites for hydroxylation is 1. The van der Waals surface area contributed by atoms with Crippen molar-refractivity contribution >= 4 is 11.6 Å². The fourth-order valence-electron chi connectivity index (χ4n) is 1.81. The number of rotatable bonds is 4. The Labute approximate surface area is 112 Å². The maximum atomic E-state index is 9.13. The molecule has 0 amide bonds. The van der Waals surface area contributed by atoms with Crippen LogP contribution in [0.25, 0.3) is 0 Å². The lowest BCUT2D eigenvalue weighted by Gasteiger charge is -2.20. The van der Waals surface area contributed by atoms with Crippen molar-refractivity contribution < 1.29 is 9.84 Å². The zero-order valence-corrected chi connectivity index (χ0v) is 11.3. The van der Waals surface area contributed by atoms with Crippen LogP contribution in [-0.2, 0) is 6.61 Å². The molecule has 1 heterocycles. The summed E-state index contributed by atoms with van der Waals surface area (Å²) in [5.74, 6) is 1.33. The molecule has 0 radical (unpaired) electrons. The molecule has 0 spiro atoms. The number of methoxy groups -OCH3 is 1. The Morgan fingerprint density at radius 1 is 1.32 bits per heavy atom. The number of ether oxygens (including phenoxy) is 1. The summed E-state index contributed by atoms with van der Waals surface area (Å²) in [4.78, 5) is 10.5. The predicted molar refractivity (Wildman–Crippen MR) is 73.7 cm³/mol. The van der Waals surface area contributed by atoms with Gasteiger partial charge >= 0.3 is 0 Å². The molecule has 0 saturated heterocycles. The first-order valence-electron chi connectivity index (χ1n) is 5.97. The van der Waals surface area contributed by atoms with Gasteiger partial charge in [-0.05, 0) is 19.1 Å². The van der Waals surface area contributed by atoms with E-state index in [4.69, 9.17) is 9.84 Å². The van der Waals surface area contributed by atoms with Gasteiger partial charge in [-0.2, -0.15) is 0 Å². The Bertz CT molecular complexity index is 572. The predicted octanol–water partition coefficient (Wildman–Crippen LogP) is 2.05. The summed E-state index contributed by atoms with van der Waals surface area (Å²) in [5.41, 5.74) is 2.40. The zero-order chi connectivity index (χ0) is 13.8. The fraction of sp³-hybridized carbons (Fsp3) is 0.286. The van der Waals surface area contributed by atoms with Crippen molar-refractivity contribution in [3.8, 4) is 5.75 Å². The highest BCUT2D eigenvalue weighted by Gasteiger charge is 2.12. The quantitative estimate of drug-likeness (QED) is 0.910. The van der Waals surface area contributed by atoms with Crippen LogP contribution in [0.3, 0.4) is 0 Å². The molecule has 2 aromatic rings. The Hall–Kier alpha value is -2.14. The SMILES string of the molecule is COc1ccccc1N(C)c1ncc(CO)c(C)n1. The van der Waals surface area contributed by atoms with Gasteiger partial charge in [0, 0.05) is 24.5 Å². The number of hydrogen-bond donors (Lipinski definition) is 1. The molecule has 1 aromatic heterocycles. The van der Waals surface area contributed by atoms with E-state index in [1.807, 2.05) is 43.1 Å². The van der Waals surface area contributed by atoms with Crippen LogP contribution in [0.2, 0.25) is 0 Å². The van der Waals surface area contributed by atoms with Crippen molar-refractivity contribution in [1.82, 2.24) is 9.97 Å². The van der Waals surface area contributed by atoms with Gasteiger partial charge in [-0.15, -0.1) is 0 Å². The van der Waals surface area contributed by atoms with Gasteiger partial charge in [-0.25, -0.2) is 9.97 Å². The molecule has 100 valence electrons. The van der Waals surface area contributed by atoms with Gasteiger partial charge in [-0.3, -0.25) is 0 Å². The van der Waals surface area contributed by atoms with Crippen molar-refractivity contribution in [3.05, 3.63) is 41.7 Å². The molecule has 19 heavy (non-hydrogen) atoms. The van der Waals surface area contributed by atoms with Gasteiger partial charge in [-0.1, -0.05) is 12.1 Å². The van der Waals surface area contributed by atoms with Gasteiger partial charge in [0.1, 0.15) is 5.75 Å². The number of aliphatic hydroxyl groups is 1. The highest BCUT2D eigenvalue weighted by Crippen LogP contribution is 2.30. The second-order valence-corrected chi connectivity index (χ2v) is 4.17. The van der Waals surface area contributed by atoms with Crippen molar-refractivity contribution in [2.24, 2.45) is 0 Å². The Balaban J connectivity index is 2.38. The van der Waals surface area contributed by atoms with E-state index in [-0.39, 0.29) is 6.61 Å². The summed E-state index contributed by atoms with van der Waals surface area (Å²) in [6.07, 6.45) is 1.64. The lowest BCUT2D eigenvalue weighted by atomic mass is 10.2. The van der Waals surface area contributed by atoms with Crippen LogP contribution >= 0.6 is 0 Å². The van der Waals surface area contributed by atoms with Crippen LogP contribution in [0.4, 0.5) is 11.6 Å². The topological polar surface area (TPSA) is 58.5 Å². The minimum absolute atomic E-state index is 0.0511. The van der Waals surface area contributed by atoms with Crippen LogP contribution < -0.4 is 9.64 Å². The molecule has 2 rings (SSSR count). The summed E-state index contributed by atoms with van der Waals surface area (Å²) >= 11 is 0. The number of benzene rings is 1. The van der Waals surface area contributed by atoms with Crippen molar-refractivity contribution in [2.75, 3.05) is 19.1 Å². The Kier molecular flexibility index (Phi) is 3.97. The third-order valence-electron chi connectivity index (χ3n) is 2.99. The molecule has 0 unspecified atom stereocenters. The average molecular weight is 259 g/mol. The second-order valence-electron chi connectivity index (χ2n) is 4.17. The van der Waals surface area contributed by atoms with Gasteiger partial charge in [0.05, 0.1) is 19.4 Å². The molecule has 0 atom stereocenters. The van der Waals surface area contributed by atoms with Crippen LogP contribution in [0.15, 0.2) is 30.5 Å². The number of para-hydroxylation sites is 2. The largest absolute Gasteiger partial charge is 0.495 e. The number of nitrogens with zero attached hydrogens (tertiary/aromatic N) is 3. The van der Waals surface area contributed by atoms with Crippen LogP contribution in [0.5, 0.6) is 5.75 Å². The number of anilines is 2. The molecule has 5 nitrogen and oxygen atoms in total. The van der Waals surface area contributed by atoms with Crippen molar-refractivity contribution in [2.45, 2.75) is 13.5 Å². The molecule has 0 aliphatic rings. The molecule has 1 N–H and O–H groups in total. The molecule has 0 bridgehead atoms. The summed E-state index contributed by atoms with van der Waals surface area (Å²) in [5, 5.41) is 9.13.